The zero-order chi connectivity index (χ0) is 19.9. The van der Waals surface area contributed by atoms with Crippen molar-refractivity contribution in [1.29, 1.82) is 0 Å². The zero-order valence-corrected chi connectivity index (χ0v) is 16.6. The summed E-state index contributed by atoms with van der Waals surface area (Å²) in [7, 11) is 0. The molecule has 0 fully saturated rings. The van der Waals surface area contributed by atoms with E-state index in [1.165, 1.54) is 17.5 Å². The number of fused-ring (bicyclic) bond motifs is 1. The molecule has 0 unspecified atom stereocenters. The maximum absolute atomic E-state index is 13.6. The maximum atomic E-state index is 13.6. The van der Waals surface area contributed by atoms with E-state index in [-0.39, 0.29) is 17.8 Å². The number of benzene rings is 1. The van der Waals surface area contributed by atoms with Gasteiger partial charge in [0.15, 0.2) is 6.04 Å². The van der Waals surface area contributed by atoms with Gasteiger partial charge in [0, 0.05) is 21.5 Å². The summed E-state index contributed by atoms with van der Waals surface area (Å²) in [6, 6.07) is 8.12. The molecule has 0 aliphatic carbocycles. The molecule has 2 aromatic heterocycles. The fourth-order valence-corrected chi connectivity index (χ4v) is 4.19. The quantitative estimate of drug-likeness (QED) is 0.522. The Morgan fingerprint density at radius 2 is 2.04 bits per heavy atom. The minimum atomic E-state index is -4.47. The first-order chi connectivity index (χ1) is 13.3. The minimum absolute atomic E-state index is 0.0680. The summed E-state index contributed by atoms with van der Waals surface area (Å²) in [6.07, 6.45) is -3.49. The summed E-state index contributed by atoms with van der Waals surface area (Å²) >= 11 is 4.68. The second kappa shape index (κ2) is 7.25. The summed E-state index contributed by atoms with van der Waals surface area (Å²) in [5, 5.41) is 11.4. The first kappa shape index (κ1) is 19.0. The Bertz CT molecular complexity index is 985. The van der Waals surface area contributed by atoms with Crippen molar-refractivity contribution in [2.45, 2.75) is 24.7 Å². The van der Waals surface area contributed by atoms with Gasteiger partial charge in [0.05, 0.1) is 12.2 Å². The molecule has 1 amide bonds. The van der Waals surface area contributed by atoms with Gasteiger partial charge >= 0.3 is 6.18 Å². The highest BCUT2D eigenvalue weighted by Gasteiger charge is 2.47. The van der Waals surface area contributed by atoms with Gasteiger partial charge < -0.3 is 10.6 Å². The predicted octanol–water partition coefficient (Wildman–Crippen LogP) is 5.62. The van der Waals surface area contributed by atoms with E-state index < -0.39 is 24.2 Å². The standard InChI is InChI=1S/C18H14BrF3N4OS/c19-10-3-5-11(6-4-10)24-17(27)12-9-23-26-15(18(20,21)22)8-13(25-16(12)26)14-2-1-7-28-14/h1-7,9,13,15,25H,8H2,(H,24,27)/t13-,15-/m1/s1. The number of carbonyl (C=O) groups excluding carboxylic acids is 1. The number of alkyl halides is 3. The van der Waals surface area contributed by atoms with Gasteiger partial charge in [0.2, 0.25) is 0 Å². The third kappa shape index (κ3) is 3.66. The molecule has 3 aromatic rings. The topological polar surface area (TPSA) is 59.0 Å². The number of anilines is 2. The number of halogens is 4. The van der Waals surface area contributed by atoms with Crippen LogP contribution < -0.4 is 10.6 Å². The van der Waals surface area contributed by atoms with Crippen molar-refractivity contribution in [3.05, 3.63) is 62.9 Å². The SMILES string of the molecule is O=C(Nc1ccc(Br)cc1)c1cnn2c1N[C@@H](c1cccs1)C[C@@H]2C(F)(F)F. The van der Waals surface area contributed by atoms with E-state index in [1.807, 2.05) is 5.38 Å². The zero-order valence-electron chi connectivity index (χ0n) is 14.2. The fourth-order valence-electron chi connectivity index (χ4n) is 3.14. The van der Waals surface area contributed by atoms with Crippen molar-refractivity contribution in [3.63, 3.8) is 0 Å². The largest absolute Gasteiger partial charge is 0.410 e. The number of nitrogens with zero attached hydrogens (tertiary/aromatic N) is 2. The highest BCUT2D eigenvalue weighted by atomic mass is 79.9. The van der Waals surface area contributed by atoms with Gasteiger partial charge in [-0.2, -0.15) is 18.3 Å². The minimum Gasteiger partial charge on any atom is -0.362 e. The van der Waals surface area contributed by atoms with Crippen LogP contribution in [-0.2, 0) is 0 Å². The van der Waals surface area contributed by atoms with E-state index >= 15 is 0 Å². The Balaban J connectivity index is 1.67. The summed E-state index contributed by atoms with van der Waals surface area (Å²) < 4.78 is 42.6. The number of carbonyl (C=O) groups is 1. The van der Waals surface area contributed by atoms with Crippen LogP contribution in [-0.4, -0.2) is 21.9 Å². The molecule has 2 N–H and O–H groups in total. The number of hydrogen-bond acceptors (Lipinski definition) is 4. The Labute approximate surface area is 170 Å². The van der Waals surface area contributed by atoms with Crippen LogP contribution in [0.1, 0.15) is 33.7 Å². The molecule has 0 saturated carbocycles. The van der Waals surface area contributed by atoms with E-state index in [0.29, 0.717) is 5.69 Å². The van der Waals surface area contributed by atoms with Crippen molar-refractivity contribution in [2.24, 2.45) is 0 Å². The van der Waals surface area contributed by atoms with Gasteiger partial charge in [0.1, 0.15) is 11.4 Å². The van der Waals surface area contributed by atoms with E-state index in [9.17, 15) is 18.0 Å². The van der Waals surface area contributed by atoms with Crippen LogP contribution in [0.2, 0.25) is 0 Å². The number of rotatable bonds is 3. The molecule has 3 heterocycles. The molecule has 0 spiro atoms. The van der Waals surface area contributed by atoms with E-state index in [0.717, 1.165) is 14.0 Å². The molecular formula is C18H14BrF3N4OS. The molecule has 1 aromatic carbocycles. The third-order valence-electron chi connectivity index (χ3n) is 4.47. The van der Waals surface area contributed by atoms with Crippen LogP contribution in [0.15, 0.2) is 52.4 Å². The second-order valence-corrected chi connectivity index (χ2v) is 8.21. The molecule has 0 bridgehead atoms. The van der Waals surface area contributed by atoms with Crippen molar-refractivity contribution >= 4 is 44.7 Å². The lowest BCUT2D eigenvalue weighted by atomic mass is 10.0. The average Bonchev–Trinajstić information content (AvgIpc) is 3.31. The number of amides is 1. The number of thiophene rings is 1. The molecule has 5 nitrogen and oxygen atoms in total. The monoisotopic (exact) mass is 470 g/mol. The van der Waals surface area contributed by atoms with Gasteiger partial charge in [-0.1, -0.05) is 22.0 Å². The van der Waals surface area contributed by atoms with Crippen LogP contribution in [0.3, 0.4) is 0 Å². The molecule has 4 rings (SSSR count). The van der Waals surface area contributed by atoms with Gasteiger partial charge in [-0.15, -0.1) is 11.3 Å². The lowest BCUT2D eigenvalue weighted by molar-refractivity contribution is -0.173. The van der Waals surface area contributed by atoms with E-state index in [1.54, 1.807) is 36.4 Å². The molecule has 1 aliphatic heterocycles. The number of aromatic nitrogens is 2. The molecule has 0 saturated heterocycles. The maximum Gasteiger partial charge on any atom is 0.410 e. The Kier molecular flexibility index (Phi) is 4.92. The van der Waals surface area contributed by atoms with E-state index in [4.69, 9.17) is 0 Å². The molecule has 146 valence electrons. The highest BCUT2D eigenvalue weighted by molar-refractivity contribution is 9.10. The lowest BCUT2D eigenvalue weighted by Crippen LogP contribution is -2.36. The summed E-state index contributed by atoms with van der Waals surface area (Å²) in [4.78, 5) is 13.5. The Morgan fingerprint density at radius 3 is 2.68 bits per heavy atom. The second-order valence-electron chi connectivity index (χ2n) is 6.32. The first-order valence-electron chi connectivity index (χ1n) is 8.34. The van der Waals surface area contributed by atoms with Gasteiger partial charge in [-0.25, -0.2) is 4.68 Å². The average molecular weight is 471 g/mol. The highest BCUT2D eigenvalue weighted by Crippen LogP contribution is 2.45. The molecule has 10 heteroatoms. The van der Waals surface area contributed by atoms with Crippen molar-refractivity contribution in [2.75, 3.05) is 10.6 Å². The first-order valence-corrected chi connectivity index (χ1v) is 10.0. The van der Waals surface area contributed by atoms with Crippen molar-refractivity contribution in [3.8, 4) is 0 Å². The number of hydrogen-bond donors (Lipinski definition) is 2. The molecule has 2 atom stereocenters. The molecule has 28 heavy (non-hydrogen) atoms. The fraction of sp³-hybridized carbons (Fsp3) is 0.222. The summed E-state index contributed by atoms with van der Waals surface area (Å²) in [5.41, 5.74) is 0.601. The lowest BCUT2D eigenvalue weighted by Gasteiger charge is -2.33. The van der Waals surface area contributed by atoms with Crippen molar-refractivity contribution < 1.29 is 18.0 Å². The molecular weight excluding hydrogens is 457 g/mol. The number of nitrogens with one attached hydrogen (secondary N) is 2. The summed E-state index contributed by atoms with van der Waals surface area (Å²) in [5.74, 6) is -0.453. The molecule has 1 aliphatic rings. The van der Waals surface area contributed by atoms with Crippen LogP contribution >= 0.6 is 27.3 Å². The van der Waals surface area contributed by atoms with Crippen LogP contribution in [0.25, 0.3) is 0 Å². The van der Waals surface area contributed by atoms with Gasteiger partial charge in [0.25, 0.3) is 5.91 Å². The van der Waals surface area contributed by atoms with Gasteiger partial charge in [-0.3, -0.25) is 4.79 Å². The van der Waals surface area contributed by atoms with Gasteiger partial charge in [-0.05, 0) is 35.7 Å². The normalized spacial score (nSPS) is 19.0. The van der Waals surface area contributed by atoms with Crippen LogP contribution in [0.5, 0.6) is 0 Å². The molecule has 0 radical (unpaired) electrons. The van der Waals surface area contributed by atoms with Crippen LogP contribution in [0.4, 0.5) is 24.7 Å². The van der Waals surface area contributed by atoms with Crippen LogP contribution in [0, 0.1) is 0 Å². The Hall–Kier alpha value is -2.33. The predicted molar refractivity (Wildman–Crippen MR) is 105 cm³/mol. The van der Waals surface area contributed by atoms with E-state index in [2.05, 4.69) is 31.7 Å². The Morgan fingerprint density at radius 1 is 1.29 bits per heavy atom. The smallest absolute Gasteiger partial charge is 0.362 e. The van der Waals surface area contributed by atoms with Crippen molar-refractivity contribution in [1.82, 2.24) is 9.78 Å². The third-order valence-corrected chi connectivity index (χ3v) is 5.99. The summed E-state index contributed by atoms with van der Waals surface area (Å²) in [6.45, 7) is 0.